The Morgan fingerprint density at radius 1 is 1.08 bits per heavy atom. The number of benzene rings is 1. The molecule has 2 amide bonds. The van der Waals surface area contributed by atoms with Crippen LogP contribution in [0, 0.1) is 0 Å². The molecule has 0 fully saturated rings. The molecule has 0 aliphatic heterocycles. The van der Waals surface area contributed by atoms with Gasteiger partial charge in [-0.1, -0.05) is 42.0 Å². The van der Waals surface area contributed by atoms with Gasteiger partial charge in [-0.15, -0.1) is 0 Å². The summed E-state index contributed by atoms with van der Waals surface area (Å²) in [6.07, 6.45) is 9.32. The molecule has 4 nitrogen and oxygen atoms in total. The molecule has 0 unspecified atom stereocenters. The quantitative estimate of drug-likeness (QED) is 0.699. The van der Waals surface area contributed by atoms with Gasteiger partial charge in [-0.3, -0.25) is 9.59 Å². The first-order valence-corrected chi connectivity index (χ1v) is 9.39. The van der Waals surface area contributed by atoms with Gasteiger partial charge in [-0.25, -0.2) is 0 Å². The molecule has 0 saturated heterocycles. The molecule has 1 aliphatic rings. The van der Waals surface area contributed by atoms with E-state index < -0.39 is 0 Å². The number of rotatable bonds is 9. The first kappa shape index (κ1) is 19.2. The molecule has 0 aromatic heterocycles. The molecule has 0 saturated carbocycles. The summed E-state index contributed by atoms with van der Waals surface area (Å²) in [5, 5.41) is 2.94. The molecule has 0 bridgehead atoms. The second kappa shape index (κ2) is 10.7. The highest BCUT2D eigenvalue weighted by Crippen LogP contribution is 2.20. The van der Waals surface area contributed by atoms with E-state index in [2.05, 4.69) is 23.5 Å². The maximum atomic E-state index is 12.0. The van der Waals surface area contributed by atoms with Crippen molar-refractivity contribution in [3.05, 3.63) is 47.5 Å². The minimum atomic E-state index is 0.0130. The zero-order valence-corrected chi connectivity index (χ0v) is 15.3. The minimum Gasteiger partial charge on any atom is -0.356 e. The first-order valence-electron chi connectivity index (χ1n) is 9.39. The normalized spacial score (nSPS) is 13.9. The van der Waals surface area contributed by atoms with Gasteiger partial charge in [0, 0.05) is 33.0 Å². The smallest absolute Gasteiger partial charge is 0.221 e. The van der Waals surface area contributed by atoms with Crippen molar-refractivity contribution in [2.45, 2.75) is 51.9 Å². The fraction of sp³-hybridized carbons (Fsp3) is 0.524. The van der Waals surface area contributed by atoms with E-state index in [4.69, 9.17) is 0 Å². The van der Waals surface area contributed by atoms with Crippen LogP contribution in [0.2, 0.25) is 0 Å². The topological polar surface area (TPSA) is 49.4 Å². The molecule has 0 radical (unpaired) electrons. The monoisotopic (exact) mass is 342 g/mol. The van der Waals surface area contributed by atoms with Crippen molar-refractivity contribution < 1.29 is 9.59 Å². The van der Waals surface area contributed by atoms with Crippen molar-refractivity contribution in [1.82, 2.24) is 10.2 Å². The Hall–Kier alpha value is -2.10. The Balaban J connectivity index is 1.66. The van der Waals surface area contributed by atoms with Crippen molar-refractivity contribution in [2.75, 3.05) is 19.6 Å². The molecule has 136 valence electrons. The Morgan fingerprint density at radius 3 is 2.56 bits per heavy atom. The lowest BCUT2D eigenvalue weighted by Crippen LogP contribution is -2.35. The summed E-state index contributed by atoms with van der Waals surface area (Å²) in [6.45, 7) is 3.44. The molecule has 1 aromatic carbocycles. The van der Waals surface area contributed by atoms with Gasteiger partial charge in [0.2, 0.25) is 11.8 Å². The molecule has 2 rings (SSSR count). The zero-order valence-electron chi connectivity index (χ0n) is 15.3. The number of amides is 2. The van der Waals surface area contributed by atoms with E-state index in [0.717, 1.165) is 25.8 Å². The van der Waals surface area contributed by atoms with Crippen LogP contribution in [0.3, 0.4) is 0 Å². The number of carbonyl (C=O) groups excluding carboxylic acids is 2. The second-order valence-corrected chi connectivity index (χ2v) is 6.70. The summed E-state index contributed by atoms with van der Waals surface area (Å²) in [5.41, 5.74) is 2.68. The van der Waals surface area contributed by atoms with E-state index in [-0.39, 0.29) is 11.8 Å². The van der Waals surface area contributed by atoms with Gasteiger partial charge in [0.1, 0.15) is 0 Å². The van der Waals surface area contributed by atoms with Gasteiger partial charge < -0.3 is 10.2 Å². The highest BCUT2D eigenvalue weighted by molar-refractivity contribution is 5.78. The Labute approximate surface area is 151 Å². The predicted molar refractivity (Wildman–Crippen MR) is 101 cm³/mol. The van der Waals surface area contributed by atoms with Crippen LogP contribution in [-0.2, 0) is 16.0 Å². The molecule has 0 atom stereocenters. The third-order valence-corrected chi connectivity index (χ3v) is 4.72. The SMILES string of the molecule is CC(=O)N(CCC(=O)NCCc1ccccc1)CCC1=CCCCC1. The fourth-order valence-electron chi connectivity index (χ4n) is 3.15. The molecule has 4 heteroatoms. The van der Waals surface area contributed by atoms with Gasteiger partial charge >= 0.3 is 0 Å². The Morgan fingerprint density at radius 2 is 1.88 bits per heavy atom. The lowest BCUT2D eigenvalue weighted by Gasteiger charge is -2.22. The molecule has 1 aliphatic carbocycles. The molecule has 1 N–H and O–H groups in total. The van der Waals surface area contributed by atoms with Crippen LogP contribution in [0.25, 0.3) is 0 Å². The zero-order chi connectivity index (χ0) is 17.9. The molecule has 0 heterocycles. The van der Waals surface area contributed by atoms with Crippen molar-refractivity contribution in [3.8, 4) is 0 Å². The van der Waals surface area contributed by atoms with Crippen molar-refractivity contribution in [2.24, 2.45) is 0 Å². The largest absolute Gasteiger partial charge is 0.356 e. The number of nitrogens with one attached hydrogen (secondary N) is 1. The molecule has 25 heavy (non-hydrogen) atoms. The molecular weight excluding hydrogens is 312 g/mol. The highest BCUT2D eigenvalue weighted by Gasteiger charge is 2.12. The van der Waals surface area contributed by atoms with E-state index in [1.54, 1.807) is 11.8 Å². The third kappa shape index (κ3) is 7.55. The lowest BCUT2D eigenvalue weighted by molar-refractivity contribution is -0.129. The van der Waals surface area contributed by atoms with Crippen LogP contribution in [0.4, 0.5) is 0 Å². The van der Waals surface area contributed by atoms with Crippen LogP contribution in [0.15, 0.2) is 42.0 Å². The fourth-order valence-corrected chi connectivity index (χ4v) is 3.15. The third-order valence-electron chi connectivity index (χ3n) is 4.72. The maximum Gasteiger partial charge on any atom is 0.221 e. The van der Waals surface area contributed by atoms with Crippen LogP contribution in [-0.4, -0.2) is 36.3 Å². The molecule has 0 spiro atoms. The van der Waals surface area contributed by atoms with Crippen LogP contribution < -0.4 is 5.32 Å². The van der Waals surface area contributed by atoms with E-state index in [0.29, 0.717) is 19.5 Å². The average Bonchev–Trinajstić information content (AvgIpc) is 2.63. The van der Waals surface area contributed by atoms with Gasteiger partial charge in [0.15, 0.2) is 0 Å². The Kier molecular flexibility index (Phi) is 8.23. The van der Waals surface area contributed by atoms with Crippen LogP contribution in [0.1, 0.15) is 51.0 Å². The second-order valence-electron chi connectivity index (χ2n) is 6.70. The van der Waals surface area contributed by atoms with Gasteiger partial charge in [-0.05, 0) is 44.1 Å². The van der Waals surface area contributed by atoms with E-state index in [9.17, 15) is 9.59 Å². The number of nitrogens with zero attached hydrogens (tertiary/aromatic N) is 1. The summed E-state index contributed by atoms with van der Waals surface area (Å²) >= 11 is 0. The van der Waals surface area contributed by atoms with Crippen molar-refractivity contribution in [1.29, 1.82) is 0 Å². The highest BCUT2D eigenvalue weighted by atomic mass is 16.2. The number of carbonyl (C=O) groups is 2. The summed E-state index contributed by atoms with van der Waals surface area (Å²) in [6, 6.07) is 10.1. The number of hydrogen-bond donors (Lipinski definition) is 1. The molecular formula is C21H30N2O2. The Bertz CT molecular complexity index is 581. The van der Waals surface area contributed by atoms with Gasteiger partial charge in [0.25, 0.3) is 0 Å². The van der Waals surface area contributed by atoms with Crippen LogP contribution in [0.5, 0.6) is 0 Å². The van der Waals surface area contributed by atoms with Crippen molar-refractivity contribution >= 4 is 11.8 Å². The summed E-state index contributed by atoms with van der Waals surface area (Å²) in [4.78, 5) is 25.6. The predicted octanol–water partition coefficient (Wildman–Crippen LogP) is 3.47. The average molecular weight is 342 g/mol. The maximum absolute atomic E-state index is 12.0. The summed E-state index contributed by atoms with van der Waals surface area (Å²) in [5.74, 6) is 0.0626. The first-order chi connectivity index (χ1) is 12.1. The summed E-state index contributed by atoms with van der Waals surface area (Å²) in [7, 11) is 0. The van der Waals surface area contributed by atoms with E-state index in [1.807, 2.05) is 18.2 Å². The summed E-state index contributed by atoms with van der Waals surface area (Å²) < 4.78 is 0. The molecule has 1 aromatic rings. The van der Waals surface area contributed by atoms with Crippen LogP contribution >= 0.6 is 0 Å². The lowest BCUT2D eigenvalue weighted by atomic mass is 9.97. The van der Waals surface area contributed by atoms with E-state index >= 15 is 0 Å². The van der Waals surface area contributed by atoms with Gasteiger partial charge in [-0.2, -0.15) is 0 Å². The van der Waals surface area contributed by atoms with E-state index in [1.165, 1.54) is 30.4 Å². The van der Waals surface area contributed by atoms with Gasteiger partial charge in [0.05, 0.1) is 0 Å². The number of hydrogen-bond acceptors (Lipinski definition) is 2. The minimum absolute atomic E-state index is 0.0130. The van der Waals surface area contributed by atoms with Crippen molar-refractivity contribution in [3.63, 3.8) is 0 Å². The standard InChI is InChI=1S/C21H30N2O2/c1-18(24)23(16-13-20-10-6-3-7-11-20)17-14-21(25)22-15-12-19-8-4-2-5-9-19/h2,4-5,8-10H,3,6-7,11-17H2,1H3,(H,22,25). The number of allylic oxidation sites excluding steroid dienone is 1.